The van der Waals surface area contributed by atoms with Gasteiger partial charge in [-0.05, 0) is 56.9 Å². The van der Waals surface area contributed by atoms with Gasteiger partial charge in [-0.25, -0.2) is 8.42 Å². The summed E-state index contributed by atoms with van der Waals surface area (Å²) in [7, 11) is -2.25. The Bertz CT molecular complexity index is 1040. The van der Waals surface area contributed by atoms with Gasteiger partial charge in [0.1, 0.15) is 10.7 Å². The molecule has 3 rings (SSSR count). The first-order chi connectivity index (χ1) is 14.8. The van der Waals surface area contributed by atoms with Crippen LogP contribution in [0.2, 0.25) is 5.02 Å². The van der Waals surface area contributed by atoms with Gasteiger partial charge in [0.25, 0.3) is 0 Å². The molecule has 2 aromatic rings. The zero-order chi connectivity index (χ0) is 22.6. The monoisotopic (exact) mass is 466 g/mol. The number of ether oxygens (including phenoxy) is 1. The lowest BCUT2D eigenvalue weighted by molar-refractivity contribution is -0.120. The Kier molecular flexibility index (Phi) is 7.83. The van der Waals surface area contributed by atoms with Crippen molar-refractivity contribution in [3.05, 3.63) is 40.5 Å². The van der Waals surface area contributed by atoms with Crippen LogP contribution in [0.15, 0.2) is 34.1 Å². The van der Waals surface area contributed by atoms with E-state index < -0.39 is 9.84 Å². The number of nitrogens with zero attached hydrogens (tertiary/aromatic N) is 1. The average molecular weight is 467 g/mol. The van der Waals surface area contributed by atoms with Crippen LogP contribution in [0, 0.1) is 19.8 Å². The quantitative estimate of drug-likeness (QED) is 0.546. The molecule has 0 atom stereocenters. The molecule has 170 valence electrons. The predicted octanol–water partition coefficient (Wildman–Crippen LogP) is 5.15. The van der Waals surface area contributed by atoms with Gasteiger partial charge in [0.15, 0.2) is 0 Å². The number of sulfone groups is 1. The SMILES string of the molecule is COCCCn1c(C)c(C)c(S(=O)(=O)c2cccc(Cl)c2)c1NC(=O)C1CCCCC1. The highest BCUT2D eigenvalue weighted by Crippen LogP contribution is 2.37. The maximum absolute atomic E-state index is 13.6. The smallest absolute Gasteiger partial charge is 0.228 e. The lowest BCUT2D eigenvalue weighted by Gasteiger charge is -2.22. The summed E-state index contributed by atoms with van der Waals surface area (Å²) in [5.41, 5.74) is 1.45. The summed E-state index contributed by atoms with van der Waals surface area (Å²) >= 11 is 6.07. The predicted molar refractivity (Wildman–Crippen MR) is 123 cm³/mol. The number of halogens is 1. The number of hydrogen-bond acceptors (Lipinski definition) is 4. The van der Waals surface area contributed by atoms with E-state index in [1.54, 1.807) is 26.2 Å². The summed E-state index contributed by atoms with van der Waals surface area (Å²) in [5.74, 6) is 0.160. The molecule has 0 saturated heterocycles. The minimum absolute atomic E-state index is 0.0848. The molecule has 0 unspecified atom stereocenters. The first-order valence-corrected chi connectivity index (χ1v) is 12.6. The van der Waals surface area contributed by atoms with E-state index in [0.717, 1.165) is 37.8 Å². The molecule has 0 aliphatic heterocycles. The van der Waals surface area contributed by atoms with E-state index in [9.17, 15) is 13.2 Å². The van der Waals surface area contributed by atoms with Crippen molar-refractivity contribution in [1.29, 1.82) is 0 Å². The molecule has 0 spiro atoms. The summed E-state index contributed by atoms with van der Waals surface area (Å²) < 4.78 is 34.3. The molecular weight excluding hydrogens is 436 g/mol. The fourth-order valence-corrected chi connectivity index (χ4v) is 6.27. The second-order valence-electron chi connectivity index (χ2n) is 8.17. The van der Waals surface area contributed by atoms with Crippen molar-refractivity contribution < 1.29 is 17.9 Å². The third kappa shape index (κ3) is 5.16. The third-order valence-corrected chi connectivity index (χ3v) is 8.24. The van der Waals surface area contributed by atoms with Gasteiger partial charge in [-0.1, -0.05) is 36.9 Å². The van der Waals surface area contributed by atoms with E-state index in [1.165, 1.54) is 12.1 Å². The highest BCUT2D eigenvalue weighted by Gasteiger charge is 2.32. The van der Waals surface area contributed by atoms with E-state index in [0.29, 0.717) is 36.0 Å². The third-order valence-electron chi connectivity index (χ3n) is 6.10. The van der Waals surface area contributed by atoms with E-state index >= 15 is 0 Å². The molecule has 1 N–H and O–H groups in total. The zero-order valence-corrected chi connectivity index (χ0v) is 20.0. The standard InChI is InChI=1S/C23H31ClN2O4S/c1-16-17(2)26(13-8-14-30-3)22(25-23(27)18-9-5-4-6-10-18)21(16)31(28,29)20-12-7-11-19(24)15-20/h7,11-12,15,18H,4-6,8-10,13-14H2,1-3H3,(H,25,27). The van der Waals surface area contributed by atoms with Gasteiger partial charge >= 0.3 is 0 Å². The van der Waals surface area contributed by atoms with Crippen LogP contribution in [0.5, 0.6) is 0 Å². The minimum atomic E-state index is -3.88. The van der Waals surface area contributed by atoms with Crippen LogP contribution in [0.1, 0.15) is 49.8 Å². The van der Waals surface area contributed by atoms with Gasteiger partial charge in [-0.2, -0.15) is 0 Å². The summed E-state index contributed by atoms with van der Waals surface area (Å²) in [6.07, 6.45) is 5.57. The average Bonchev–Trinajstić information content (AvgIpc) is 2.99. The van der Waals surface area contributed by atoms with Gasteiger partial charge in [0.2, 0.25) is 15.7 Å². The van der Waals surface area contributed by atoms with Crippen LogP contribution >= 0.6 is 11.6 Å². The molecule has 6 nitrogen and oxygen atoms in total. The van der Waals surface area contributed by atoms with Gasteiger partial charge in [-0.15, -0.1) is 0 Å². The van der Waals surface area contributed by atoms with Crippen molar-refractivity contribution in [2.45, 2.75) is 68.7 Å². The van der Waals surface area contributed by atoms with Crippen molar-refractivity contribution in [3.8, 4) is 0 Å². The van der Waals surface area contributed by atoms with Crippen LogP contribution < -0.4 is 5.32 Å². The van der Waals surface area contributed by atoms with Crippen molar-refractivity contribution in [2.75, 3.05) is 19.0 Å². The summed E-state index contributed by atoms with van der Waals surface area (Å²) in [4.78, 5) is 13.3. The molecular formula is C23H31ClN2O4S. The van der Waals surface area contributed by atoms with E-state index in [2.05, 4.69) is 5.32 Å². The molecule has 1 heterocycles. The van der Waals surface area contributed by atoms with Gasteiger partial charge in [0, 0.05) is 36.9 Å². The maximum Gasteiger partial charge on any atom is 0.228 e. The summed E-state index contributed by atoms with van der Waals surface area (Å²) in [6, 6.07) is 6.24. The van der Waals surface area contributed by atoms with Crippen molar-refractivity contribution in [3.63, 3.8) is 0 Å². The van der Waals surface area contributed by atoms with Gasteiger partial charge in [0.05, 0.1) is 4.90 Å². The number of hydrogen-bond donors (Lipinski definition) is 1. The Morgan fingerprint density at radius 1 is 1.23 bits per heavy atom. The van der Waals surface area contributed by atoms with Crippen molar-refractivity contribution >= 4 is 33.2 Å². The highest BCUT2D eigenvalue weighted by molar-refractivity contribution is 7.91. The molecule has 1 aromatic heterocycles. The number of benzene rings is 1. The summed E-state index contributed by atoms with van der Waals surface area (Å²) in [6.45, 7) is 4.76. The van der Waals surface area contributed by atoms with E-state index in [4.69, 9.17) is 16.3 Å². The molecule has 1 aromatic carbocycles. The number of rotatable bonds is 8. The number of nitrogens with one attached hydrogen (secondary N) is 1. The lowest BCUT2D eigenvalue weighted by Crippen LogP contribution is -2.27. The molecule has 1 aliphatic rings. The normalized spacial score (nSPS) is 15.2. The Balaban J connectivity index is 2.08. The number of carbonyl (C=O) groups is 1. The van der Waals surface area contributed by atoms with Gasteiger partial charge in [-0.3, -0.25) is 4.79 Å². The highest BCUT2D eigenvalue weighted by atomic mass is 35.5. The molecule has 8 heteroatoms. The van der Waals surface area contributed by atoms with Crippen LogP contribution in [0.25, 0.3) is 0 Å². The first-order valence-electron chi connectivity index (χ1n) is 10.8. The largest absolute Gasteiger partial charge is 0.385 e. The Labute approximate surface area is 189 Å². The maximum atomic E-state index is 13.6. The van der Waals surface area contributed by atoms with Crippen LogP contribution in [0.3, 0.4) is 0 Å². The lowest BCUT2D eigenvalue weighted by atomic mass is 9.89. The van der Waals surface area contributed by atoms with Crippen LogP contribution in [-0.4, -0.2) is 32.6 Å². The fourth-order valence-electron chi connectivity index (χ4n) is 4.27. The van der Waals surface area contributed by atoms with Crippen molar-refractivity contribution in [2.24, 2.45) is 5.92 Å². The van der Waals surface area contributed by atoms with E-state index in [-0.39, 0.29) is 21.6 Å². The Morgan fingerprint density at radius 2 is 1.94 bits per heavy atom. The van der Waals surface area contributed by atoms with E-state index in [1.807, 2.05) is 11.5 Å². The topological polar surface area (TPSA) is 77.4 Å². The molecule has 1 aliphatic carbocycles. The number of amides is 1. The zero-order valence-electron chi connectivity index (χ0n) is 18.4. The number of methoxy groups -OCH3 is 1. The number of anilines is 1. The minimum Gasteiger partial charge on any atom is -0.385 e. The van der Waals surface area contributed by atoms with Crippen LogP contribution in [0.4, 0.5) is 5.82 Å². The molecule has 1 fully saturated rings. The molecule has 1 amide bonds. The first kappa shape index (κ1) is 23.8. The fraction of sp³-hybridized carbons (Fsp3) is 0.522. The Morgan fingerprint density at radius 3 is 2.58 bits per heavy atom. The Hall–Kier alpha value is -1.83. The molecule has 0 bridgehead atoms. The second-order valence-corrected chi connectivity index (χ2v) is 10.5. The number of carbonyl (C=O) groups excluding carboxylic acids is 1. The number of aromatic nitrogens is 1. The molecule has 0 radical (unpaired) electrons. The summed E-state index contributed by atoms with van der Waals surface area (Å²) in [5, 5.41) is 3.35. The molecule has 31 heavy (non-hydrogen) atoms. The van der Waals surface area contributed by atoms with Gasteiger partial charge < -0.3 is 14.6 Å². The molecule has 1 saturated carbocycles. The second kappa shape index (κ2) is 10.2. The van der Waals surface area contributed by atoms with Crippen molar-refractivity contribution in [1.82, 2.24) is 4.57 Å². The van der Waals surface area contributed by atoms with Crippen LogP contribution in [-0.2, 0) is 25.9 Å².